The van der Waals surface area contributed by atoms with Crippen molar-refractivity contribution in [1.29, 1.82) is 0 Å². The van der Waals surface area contributed by atoms with E-state index in [1.165, 1.54) is 0 Å². The van der Waals surface area contributed by atoms with Crippen LogP contribution < -0.4 is 26.6 Å². The lowest BCUT2D eigenvalue weighted by Crippen LogP contribution is -2.57. The Morgan fingerprint density at radius 1 is 1.05 bits per heavy atom. The van der Waals surface area contributed by atoms with E-state index in [0.29, 0.717) is 38.6 Å². The van der Waals surface area contributed by atoms with E-state index in [2.05, 4.69) is 38.2 Å². The summed E-state index contributed by atoms with van der Waals surface area (Å²) in [5.74, 6) is -0.427. The molecule has 15 heteroatoms. The van der Waals surface area contributed by atoms with Gasteiger partial charge in [0.25, 0.3) is 0 Å². The van der Waals surface area contributed by atoms with E-state index < -0.39 is 24.3 Å². The van der Waals surface area contributed by atoms with E-state index in [9.17, 15) is 18.4 Å². The van der Waals surface area contributed by atoms with E-state index in [4.69, 9.17) is 27.9 Å². The Balaban J connectivity index is 1.13. The molecule has 5 aliphatic rings. The molecule has 0 spiro atoms. The molecule has 12 atom stereocenters. The summed E-state index contributed by atoms with van der Waals surface area (Å²) in [5, 5.41) is 16.4. The summed E-state index contributed by atoms with van der Waals surface area (Å²) >= 11 is 14.4. The number of ether oxygens (including phenoxy) is 2. The van der Waals surface area contributed by atoms with Crippen LogP contribution in [0.4, 0.5) is 8.78 Å². The Bertz CT molecular complexity index is 903. The minimum Gasteiger partial charge on any atom is -0.380 e. The van der Waals surface area contributed by atoms with Gasteiger partial charge in [-0.1, -0.05) is 0 Å². The molecule has 40 heavy (non-hydrogen) atoms. The number of hydrogen-bond donors (Lipinski definition) is 5. The second-order valence-corrected chi connectivity index (χ2v) is 13.9. The molecule has 0 aliphatic carbocycles. The number of thioether (sulfide) groups is 1. The highest BCUT2D eigenvalue weighted by molar-refractivity contribution is 8.00. The van der Waals surface area contributed by atoms with Gasteiger partial charge in [-0.15, -0.1) is 35.0 Å². The zero-order valence-electron chi connectivity index (χ0n) is 22.7. The molecule has 0 aromatic carbocycles. The van der Waals surface area contributed by atoms with Crippen LogP contribution >= 0.6 is 35.0 Å². The maximum absolute atomic E-state index is 13.6. The predicted octanol–water partition coefficient (Wildman–Crippen LogP) is 1.24. The maximum atomic E-state index is 13.6. The fourth-order valence-electron chi connectivity index (χ4n) is 7.02. The standard InChI is InChI=1S/C25H40Cl2F2N6O4S/c1-11-5-13(14-6-19(26)31-8-17(14)38-2)15(7-30-11)22(36)34-25-32-16-9-35(10-18(16)40-25)23(37)12-3-4-20(33-21(12)27)39-24(28)29/h11-21,24-25,30-33H,3-10H2,1-2H3,(H,34,36). The van der Waals surface area contributed by atoms with E-state index in [1.807, 2.05) is 0 Å². The number of halogens is 4. The molecule has 12 unspecified atom stereocenters. The second-order valence-electron chi connectivity index (χ2n) is 11.6. The van der Waals surface area contributed by atoms with Crippen molar-refractivity contribution in [3.8, 4) is 0 Å². The van der Waals surface area contributed by atoms with Crippen molar-refractivity contribution in [2.75, 3.05) is 33.3 Å². The first-order valence-electron chi connectivity index (χ1n) is 14.1. The van der Waals surface area contributed by atoms with E-state index in [0.717, 1.165) is 12.8 Å². The summed E-state index contributed by atoms with van der Waals surface area (Å²) in [6, 6.07) is 0.353. The number of carbonyl (C=O) groups is 2. The van der Waals surface area contributed by atoms with Crippen molar-refractivity contribution in [3.05, 3.63) is 0 Å². The smallest absolute Gasteiger partial charge is 0.346 e. The molecular formula is C25H40Cl2F2N6O4S. The third kappa shape index (κ3) is 6.99. The van der Waals surface area contributed by atoms with Crippen LogP contribution in [-0.2, 0) is 19.1 Å². The second kappa shape index (κ2) is 13.4. The third-order valence-corrected chi connectivity index (χ3v) is 11.2. The van der Waals surface area contributed by atoms with E-state index in [-0.39, 0.29) is 64.4 Å². The average molecular weight is 630 g/mol. The number of piperidine rings is 3. The number of methoxy groups -OCH3 is 1. The molecule has 228 valence electrons. The van der Waals surface area contributed by atoms with E-state index in [1.54, 1.807) is 23.8 Å². The third-order valence-electron chi connectivity index (χ3n) is 9.07. The Morgan fingerprint density at radius 3 is 2.55 bits per heavy atom. The van der Waals surface area contributed by atoms with Crippen LogP contribution in [0.5, 0.6) is 0 Å². The summed E-state index contributed by atoms with van der Waals surface area (Å²) in [5.41, 5.74) is -1.14. The van der Waals surface area contributed by atoms with Crippen molar-refractivity contribution < 1.29 is 27.8 Å². The number of amides is 2. The van der Waals surface area contributed by atoms with E-state index >= 15 is 0 Å². The van der Waals surface area contributed by atoms with Crippen LogP contribution in [0.1, 0.15) is 32.6 Å². The lowest BCUT2D eigenvalue weighted by Gasteiger charge is -2.45. The monoisotopic (exact) mass is 628 g/mol. The van der Waals surface area contributed by atoms with Crippen molar-refractivity contribution in [3.63, 3.8) is 0 Å². The Morgan fingerprint density at radius 2 is 1.85 bits per heavy atom. The van der Waals surface area contributed by atoms with Gasteiger partial charge in [-0.2, -0.15) is 8.78 Å². The number of fused-ring (bicyclic) bond motifs is 1. The Labute approximate surface area is 248 Å². The molecule has 5 heterocycles. The van der Waals surface area contributed by atoms with Crippen molar-refractivity contribution in [2.45, 2.75) is 85.4 Å². The lowest BCUT2D eigenvalue weighted by molar-refractivity contribution is -0.180. The zero-order valence-corrected chi connectivity index (χ0v) is 25.0. The average Bonchev–Trinajstić information content (AvgIpc) is 3.47. The fraction of sp³-hybridized carbons (Fsp3) is 0.920. The topological polar surface area (TPSA) is 116 Å². The number of nitrogens with zero attached hydrogens (tertiary/aromatic N) is 1. The van der Waals surface area contributed by atoms with Gasteiger partial charge < -0.3 is 25.0 Å². The predicted molar refractivity (Wildman–Crippen MR) is 149 cm³/mol. The highest BCUT2D eigenvalue weighted by atomic mass is 35.5. The molecule has 5 rings (SSSR count). The van der Waals surface area contributed by atoms with Crippen molar-refractivity contribution in [2.24, 2.45) is 23.7 Å². The normalized spacial score (nSPS) is 44.0. The molecule has 2 amide bonds. The van der Waals surface area contributed by atoms with Gasteiger partial charge in [0.1, 0.15) is 11.7 Å². The molecule has 5 N–H and O–H groups in total. The Hall–Kier alpha value is -0.510. The highest BCUT2D eigenvalue weighted by Gasteiger charge is 2.48. The SMILES string of the molecule is COC1CNC(Cl)CC1C1CC(C)NCC1C(=O)NC1NC2CN(C(=O)C3CCC(OC(F)F)NC3Cl)CC2S1. The quantitative estimate of drug-likeness (QED) is 0.210. The molecule has 5 aliphatic heterocycles. The summed E-state index contributed by atoms with van der Waals surface area (Å²) in [7, 11) is 1.72. The van der Waals surface area contributed by atoms with Gasteiger partial charge in [-0.05, 0) is 44.4 Å². The van der Waals surface area contributed by atoms with Gasteiger partial charge >= 0.3 is 6.61 Å². The molecule has 5 fully saturated rings. The minimum atomic E-state index is -2.89. The molecular weight excluding hydrogens is 589 g/mol. The summed E-state index contributed by atoms with van der Waals surface area (Å²) in [6.07, 6.45) is 1.45. The van der Waals surface area contributed by atoms with Crippen LogP contribution in [-0.4, -0.2) is 103 Å². The van der Waals surface area contributed by atoms with Crippen molar-refractivity contribution >= 4 is 46.8 Å². The van der Waals surface area contributed by atoms with Crippen LogP contribution in [0.2, 0.25) is 0 Å². The lowest BCUT2D eigenvalue weighted by atomic mass is 9.70. The van der Waals surface area contributed by atoms with Gasteiger partial charge in [-0.3, -0.25) is 25.5 Å². The van der Waals surface area contributed by atoms with Crippen molar-refractivity contribution in [1.82, 2.24) is 31.5 Å². The van der Waals surface area contributed by atoms with Gasteiger partial charge in [-0.25, -0.2) is 0 Å². The fourth-order valence-corrected chi connectivity index (χ4v) is 9.09. The first-order valence-corrected chi connectivity index (χ1v) is 15.9. The van der Waals surface area contributed by atoms with Gasteiger partial charge in [0.05, 0.1) is 28.9 Å². The first kappa shape index (κ1) is 30.9. The van der Waals surface area contributed by atoms with Crippen LogP contribution in [0, 0.1) is 23.7 Å². The number of likely N-dealkylation sites (tertiary alicyclic amines) is 1. The van der Waals surface area contributed by atoms with Gasteiger partial charge in [0.2, 0.25) is 11.8 Å². The number of rotatable bonds is 7. The van der Waals surface area contributed by atoms with Crippen LogP contribution in [0.3, 0.4) is 0 Å². The Kier molecular flexibility index (Phi) is 10.4. The largest absolute Gasteiger partial charge is 0.380 e. The molecule has 0 radical (unpaired) electrons. The first-order chi connectivity index (χ1) is 19.1. The number of carbonyl (C=O) groups excluding carboxylic acids is 2. The minimum absolute atomic E-state index is 0.0112. The summed E-state index contributed by atoms with van der Waals surface area (Å²) in [6.45, 7) is 1.58. The number of nitrogens with one attached hydrogen (secondary N) is 5. The molecule has 0 bridgehead atoms. The van der Waals surface area contributed by atoms with Gasteiger partial charge in [0.15, 0.2) is 0 Å². The molecule has 10 nitrogen and oxygen atoms in total. The van der Waals surface area contributed by atoms with Crippen LogP contribution in [0.25, 0.3) is 0 Å². The molecule has 0 saturated carbocycles. The number of alkyl halides is 4. The highest BCUT2D eigenvalue weighted by Crippen LogP contribution is 2.39. The molecule has 0 aromatic heterocycles. The molecule has 0 aromatic rings. The van der Waals surface area contributed by atoms with Gasteiger partial charge in [0, 0.05) is 50.6 Å². The zero-order chi connectivity index (χ0) is 28.6. The molecule has 5 saturated heterocycles. The van der Waals surface area contributed by atoms with Crippen LogP contribution in [0.15, 0.2) is 0 Å². The summed E-state index contributed by atoms with van der Waals surface area (Å²) < 4.78 is 35.3. The number of hydrogen-bond acceptors (Lipinski definition) is 9. The summed E-state index contributed by atoms with van der Waals surface area (Å²) in [4.78, 5) is 28.6. The maximum Gasteiger partial charge on any atom is 0.346 e.